The summed E-state index contributed by atoms with van der Waals surface area (Å²) in [6, 6.07) is 6.45. The highest BCUT2D eigenvalue weighted by atomic mass is 32.2. The van der Waals surface area contributed by atoms with E-state index in [1.54, 1.807) is 29.4 Å². The Labute approximate surface area is 165 Å². The van der Waals surface area contributed by atoms with Crippen LogP contribution in [-0.4, -0.2) is 47.2 Å². The maximum absolute atomic E-state index is 13.0. The molecule has 0 saturated carbocycles. The van der Waals surface area contributed by atoms with Gasteiger partial charge in [-0.3, -0.25) is 9.98 Å². The molecule has 0 amide bonds. The number of hydrogen-bond donors (Lipinski definition) is 2. The van der Waals surface area contributed by atoms with E-state index < -0.39 is 10.0 Å². The zero-order chi connectivity index (χ0) is 20.1. The lowest BCUT2D eigenvalue weighted by atomic mass is 10.1. The average Bonchev–Trinajstić information content (AvgIpc) is 2.99. The molecule has 0 spiro atoms. The number of aliphatic hydroxyl groups is 1. The van der Waals surface area contributed by atoms with Gasteiger partial charge in [0.2, 0.25) is 10.0 Å². The highest BCUT2D eigenvalue weighted by Gasteiger charge is 2.25. The summed E-state index contributed by atoms with van der Waals surface area (Å²) in [5.41, 5.74) is 1.70. The van der Waals surface area contributed by atoms with Crippen LogP contribution in [0.3, 0.4) is 0 Å². The smallest absolute Gasteiger partial charge is 0.243 e. The maximum atomic E-state index is 13.0. The van der Waals surface area contributed by atoms with Crippen LogP contribution in [-0.2, 0) is 16.6 Å². The zero-order valence-corrected chi connectivity index (χ0v) is 16.7. The first-order chi connectivity index (χ1) is 13.4. The number of sulfonamides is 1. The van der Waals surface area contributed by atoms with Gasteiger partial charge < -0.3 is 10.2 Å². The molecule has 150 valence electrons. The van der Waals surface area contributed by atoms with Gasteiger partial charge in [-0.1, -0.05) is 18.9 Å². The molecule has 1 aliphatic heterocycles. The van der Waals surface area contributed by atoms with Crippen LogP contribution in [0.15, 0.2) is 40.4 Å². The van der Waals surface area contributed by atoms with Crippen LogP contribution >= 0.6 is 0 Å². The van der Waals surface area contributed by atoms with Gasteiger partial charge in [-0.15, -0.1) is 0 Å². The summed E-state index contributed by atoms with van der Waals surface area (Å²) in [4.78, 5) is 8.54. The predicted molar refractivity (Wildman–Crippen MR) is 107 cm³/mol. The van der Waals surface area contributed by atoms with E-state index in [-0.39, 0.29) is 17.3 Å². The molecular weight excluding hydrogens is 378 g/mol. The first kappa shape index (κ1) is 20.4. The highest BCUT2D eigenvalue weighted by Crippen LogP contribution is 2.26. The third-order valence-electron chi connectivity index (χ3n) is 4.89. The standard InChI is InChI=1S/C20H25N3O4S/c1-15-20(25)19(16(14-24)12-21-15)13-22-17-7-6-8-18(11-17)28(26,27)23-9-4-2-3-5-10-23/h6-8,11-13,24-25H,2-5,9-10,14H2,1H3. The van der Waals surface area contributed by atoms with E-state index in [2.05, 4.69) is 9.98 Å². The molecule has 1 aliphatic rings. The molecule has 2 heterocycles. The summed E-state index contributed by atoms with van der Waals surface area (Å²) < 4.78 is 27.5. The molecular formula is C20H25N3O4S. The second kappa shape index (κ2) is 8.81. The number of aryl methyl sites for hydroxylation is 1. The number of aliphatic hydroxyl groups excluding tert-OH is 1. The van der Waals surface area contributed by atoms with Gasteiger partial charge in [0, 0.05) is 36.6 Å². The van der Waals surface area contributed by atoms with Gasteiger partial charge in [-0.25, -0.2) is 8.42 Å². The summed E-state index contributed by atoms with van der Waals surface area (Å²) in [6.07, 6.45) is 6.77. The van der Waals surface area contributed by atoms with Crippen molar-refractivity contribution in [3.05, 3.63) is 47.3 Å². The molecule has 0 aliphatic carbocycles. The minimum Gasteiger partial charge on any atom is -0.505 e. The van der Waals surface area contributed by atoms with Gasteiger partial charge in [0.25, 0.3) is 0 Å². The number of hydrogen-bond acceptors (Lipinski definition) is 6. The number of rotatable bonds is 5. The molecule has 28 heavy (non-hydrogen) atoms. The summed E-state index contributed by atoms with van der Waals surface area (Å²) >= 11 is 0. The largest absolute Gasteiger partial charge is 0.505 e. The third-order valence-corrected chi connectivity index (χ3v) is 6.79. The van der Waals surface area contributed by atoms with Crippen molar-refractivity contribution in [2.45, 2.75) is 44.1 Å². The molecule has 0 radical (unpaired) electrons. The van der Waals surface area contributed by atoms with Crippen molar-refractivity contribution in [2.24, 2.45) is 4.99 Å². The lowest BCUT2D eigenvalue weighted by Crippen LogP contribution is -2.31. The predicted octanol–water partition coefficient (Wildman–Crippen LogP) is 2.90. The van der Waals surface area contributed by atoms with Crippen LogP contribution in [0.1, 0.15) is 42.5 Å². The molecule has 1 aromatic heterocycles. The lowest BCUT2D eigenvalue weighted by molar-refractivity contribution is 0.280. The van der Waals surface area contributed by atoms with E-state index >= 15 is 0 Å². The minimum absolute atomic E-state index is 0.0522. The van der Waals surface area contributed by atoms with Crippen LogP contribution in [0, 0.1) is 6.92 Å². The van der Waals surface area contributed by atoms with Gasteiger partial charge in [0.15, 0.2) is 0 Å². The van der Waals surface area contributed by atoms with Crippen molar-refractivity contribution in [2.75, 3.05) is 13.1 Å². The minimum atomic E-state index is -3.56. The number of benzene rings is 1. The molecule has 7 nitrogen and oxygen atoms in total. The molecule has 1 fully saturated rings. The van der Waals surface area contributed by atoms with Crippen LogP contribution in [0.5, 0.6) is 5.75 Å². The maximum Gasteiger partial charge on any atom is 0.243 e. The van der Waals surface area contributed by atoms with Crippen molar-refractivity contribution < 1.29 is 18.6 Å². The van der Waals surface area contributed by atoms with Crippen molar-refractivity contribution in [3.63, 3.8) is 0 Å². The Morgan fingerprint density at radius 2 is 1.93 bits per heavy atom. The fourth-order valence-corrected chi connectivity index (χ4v) is 4.77. The van der Waals surface area contributed by atoms with E-state index in [4.69, 9.17) is 0 Å². The normalized spacial score (nSPS) is 16.4. The van der Waals surface area contributed by atoms with Gasteiger partial charge in [-0.05, 0) is 38.0 Å². The van der Waals surface area contributed by atoms with Crippen LogP contribution in [0.4, 0.5) is 5.69 Å². The molecule has 0 unspecified atom stereocenters. The monoisotopic (exact) mass is 403 g/mol. The highest BCUT2D eigenvalue weighted by molar-refractivity contribution is 7.89. The van der Waals surface area contributed by atoms with Gasteiger partial charge in [0.1, 0.15) is 5.75 Å². The Kier molecular flexibility index (Phi) is 6.43. The van der Waals surface area contributed by atoms with E-state index in [1.807, 2.05) is 0 Å². The molecule has 1 aromatic carbocycles. The summed E-state index contributed by atoms with van der Waals surface area (Å²) in [7, 11) is -3.56. The fraction of sp³-hybridized carbons (Fsp3) is 0.400. The van der Waals surface area contributed by atoms with E-state index in [9.17, 15) is 18.6 Å². The molecule has 0 bridgehead atoms. The zero-order valence-electron chi connectivity index (χ0n) is 15.9. The fourth-order valence-electron chi connectivity index (χ4n) is 3.22. The molecule has 2 aromatic rings. The Bertz CT molecular complexity index is 965. The van der Waals surface area contributed by atoms with Crippen LogP contribution < -0.4 is 0 Å². The quantitative estimate of drug-likeness (QED) is 0.747. The first-order valence-electron chi connectivity index (χ1n) is 9.36. The summed E-state index contributed by atoms with van der Waals surface area (Å²) in [5, 5.41) is 19.7. The van der Waals surface area contributed by atoms with E-state index in [0.29, 0.717) is 35.6 Å². The molecule has 0 atom stereocenters. The summed E-state index contributed by atoms with van der Waals surface area (Å²) in [6.45, 7) is 2.45. The van der Waals surface area contributed by atoms with Crippen LogP contribution in [0.25, 0.3) is 0 Å². The number of pyridine rings is 1. The van der Waals surface area contributed by atoms with Crippen molar-refractivity contribution in [1.29, 1.82) is 0 Å². The van der Waals surface area contributed by atoms with Crippen molar-refractivity contribution in [1.82, 2.24) is 9.29 Å². The first-order valence-corrected chi connectivity index (χ1v) is 10.8. The second-order valence-corrected chi connectivity index (χ2v) is 8.80. The van der Waals surface area contributed by atoms with Gasteiger partial charge in [0.05, 0.1) is 22.9 Å². The Balaban J connectivity index is 1.90. The van der Waals surface area contributed by atoms with Gasteiger partial charge in [-0.2, -0.15) is 4.31 Å². The Hall–Kier alpha value is -2.29. The number of aromatic hydroxyl groups is 1. The molecule has 2 N–H and O–H groups in total. The van der Waals surface area contributed by atoms with Crippen LogP contribution in [0.2, 0.25) is 0 Å². The average molecular weight is 404 g/mol. The molecule has 8 heteroatoms. The summed E-state index contributed by atoms with van der Waals surface area (Å²) in [5.74, 6) is -0.0522. The second-order valence-electron chi connectivity index (χ2n) is 6.86. The number of aliphatic imine (C=N–C) groups is 1. The van der Waals surface area contributed by atoms with Crippen molar-refractivity contribution in [3.8, 4) is 5.75 Å². The topological polar surface area (TPSA) is 103 Å². The Morgan fingerprint density at radius 3 is 2.61 bits per heavy atom. The molecule has 1 saturated heterocycles. The van der Waals surface area contributed by atoms with Gasteiger partial charge >= 0.3 is 0 Å². The lowest BCUT2D eigenvalue weighted by Gasteiger charge is -2.20. The Morgan fingerprint density at radius 1 is 1.21 bits per heavy atom. The SMILES string of the molecule is Cc1ncc(CO)c(C=Nc2cccc(S(=O)(=O)N3CCCCCC3)c2)c1O. The molecule has 3 rings (SSSR count). The number of aromatic nitrogens is 1. The third kappa shape index (κ3) is 4.40. The number of nitrogens with zero attached hydrogens (tertiary/aromatic N) is 3. The van der Waals surface area contributed by atoms with E-state index in [1.165, 1.54) is 18.5 Å². The van der Waals surface area contributed by atoms with Crippen molar-refractivity contribution >= 4 is 21.9 Å². The van der Waals surface area contributed by atoms with E-state index in [0.717, 1.165) is 25.7 Å².